The molecule has 0 radical (unpaired) electrons. The summed E-state index contributed by atoms with van der Waals surface area (Å²) in [5, 5.41) is 16.8. The van der Waals surface area contributed by atoms with Gasteiger partial charge in [0.1, 0.15) is 0 Å². The third-order valence-corrected chi connectivity index (χ3v) is 3.96. The van der Waals surface area contributed by atoms with Crippen molar-refractivity contribution in [1.82, 2.24) is 15.6 Å². The molecule has 6 heteroatoms. The summed E-state index contributed by atoms with van der Waals surface area (Å²) in [7, 11) is 0. The maximum absolute atomic E-state index is 13.4. The van der Waals surface area contributed by atoms with E-state index >= 15 is 0 Å². The molecule has 1 heterocycles. The largest absolute Gasteiger partial charge is 0.505 e. The summed E-state index contributed by atoms with van der Waals surface area (Å²) >= 11 is 0. The van der Waals surface area contributed by atoms with E-state index in [1.54, 1.807) is 12.3 Å². The molecule has 134 valence electrons. The Balaban J connectivity index is 1.72. The number of phenols is 1. The number of hydrogen-bond acceptors (Lipinski definition) is 3. The van der Waals surface area contributed by atoms with E-state index in [9.17, 15) is 9.50 Å². The number of benzene rings is 2. The number of nitrogens with zero attached hydrogens (tertiary/aromatic N) is 2. The Morgan fingerprint density at radius 2 is 2.00 bits per heavy atom. The maximum atomic E-state index is 13.4. The van der Waals surface area contributed by atoms with Crippen molar-refractivity contribution >= 4 is 16.9 Å². The van der Waals surface area contributed by atoms with Crippen LogP contribution in [0.2, 0.25) is 0 Å². The van der Waals surface area contributed by atoms with Crippen molar-refractivity contribution in [3.63, 3.8) is 0 Å². The fourth-order valence-electron chi connectivity index (χ4n) is 2.65. The Morgan fingerprint density at radius 3 is 2.81 bits per heavy atom. The number of phenolic OH excluding ortho intramolecular Hbond substituents is 1. The summed E-state index contributed by atoms with van der Waals surface area (Å²) < 4.78 is 13.4. The number of guanidine groups is 1. The Morgan fingerprint density at radius 1 is 1.15 bits per heavy atom. The van der Waals surface area contributed by atoms with Gasteiger partial charge in [-0.3, -0.25) is 4.98 Å². The second-order valence-electron chi connectivity index (χ2n) is 5.82. The van der Waals surface area contributed by atoms with Gasteiger partial charge in [0.05, 0.1) is 12.1 Å². The number of aromatic hydroxyl groups is 1. The number of halogens is 1. The second kappa shape index (κ2) is 8.29. The Bertz CT molecular complexity index is 921. The van der Waals surface area contributed by atoms with Crippen LogP contribution in [0, 0.1) is 5.82 Å². The minimum atomic E-state index is -0.640. The Kier molecular flexibility index (Phi) is 5.63. The lowest BCUT2D eigenvalue weighted by Crippen LogP contribution is -2.36. The molecule has 0 unspecified atom stereocenters. The van der Waals surface area contributed by atoms with Crippen molar-refractivity contribution in [2.24, 2.45) is 4.99 Å². The van der Waals surface area contributed by atoms with Crippen molar-refractivity contribution in [2.45, 2.75) is 20.0 Å². The summed E-state index contributed by atoms with van der Waals surface area (Å²) in [5.74, 6) is -0.354. The Hall–Kier alpha value is -3.15. The van der Waals surface area contributed by atoms with Gasteiger partial charge in [-0.1, -0.05) is 24.3 Å². The van der Waals surface area contributed by atoms with Crippen molar-refractivity contribution in [3.8, 4) is 5.75 Å². The number of fused-ring (bicyclic) bond motifs is 1. The number of pyridine rings is 1. The molecular formula is C20H21FN4O. The monoisotopic (exact) mass is 352 g/mol. The van der Waals surface area contributed by atoms with Crippen LogP contribution in [0.25, 0.3) is 10.9 Å². The molecule has 3 rings (SSSR count). The highest BCUT2D eigenvalue weighted by atomic mass is 19.1. The molecule has 1 aromatic heterocycles. The lowest BCUT2D eigenvalue weighted by Gasteiger charge is -2.12. The highest BCUT2D eigenvalue weighted by molar-refractivity contribution is 5.83. The van der Waals surface area contributed by atoms with E-state index in [4.69, 9.17) is 0 Å². The average molecular weight is 352 g/mol. The van der Waals surface area contributed by atoms with E-state index in [0.717, 1.165) is 16.5 Å². The zero-order valence-electron chi connectivity index (χ0n) is 14.5. The Labute approximate surface area is 151 Å². The summed E-state index contributed by atoms with van der Waals surface area (Å²) in [5.41, 5.74) is 2.76. The summed E-state index contributed by atoms with van der Waals surface area (Å²) in [6, 6.07) is 14.2. The first-order chi connectivity index (χ1) is 12.7. The fraction of sp³-hybridized carbons (Fsp3) is 0.200. The van der Waals surface area contributed by atoms with Crippen LogP contribution in [0.3, 0.4) is 0 Å². The molecule has 0 bridgehead atoms. The number of nitrogens with one attached hydrogen (secondary N) is 2. The van der Waals surface area contributed by atoms with Crippen LogP contribution in [-0.2, 0) is 13.1 Å². The number of hydrogen-bond donors (Lipinski definition) is 3. The number of rotatable bonds is 5. The van der Waals surface area contributed by atoms with Crippen molar-refractivity contribution in [1.29, 1.82) is 0 Å². The first kappa shape index (κ1) is 17.7. The third kappa shape index (κ3) is 4.27. The predicted octanol–water partition coefficient (Wildman–Crippen LogP) is 3.33. The van der Waals surface area contributed by atoms with E-state index in [-0.39, 0.29) is 5.75 Å². The zero-order chi connectivity index (χ0) is 18.4. The van der Waals surface area contributed by atoms with Gasteiger partial charge < -0.3 is 15.7 Å². The standard InChI is InChI=1S/C20H21FN4O/c1-2-22-20(24-12-14-7-8-19(26)17(21)11-14)25-13-15-9-10-23-18-6-4-3-5-16(15)18/h3-11,26H,2,12-13H2,1H3,(H2,22,24,25). The maximum Gasteiger partial charge on any atom is 0.191 e. The van der Waals surface area contributed by atoms with Gasteiger partial charge in [-0.25, -0.2) is 9.38 Å². The van der Waals surface area contributed by atoms with E-state index < -0.39 is 5.82 Å². The van der Waals surface area contributed by atoms with Gasteiger partial charge in [-0.2, -0.15) is 0 Å². The fourth-order valence-corrected chi connectivity index (χ4v) is 2.65. The van der Waals surface area contributed by atoms with Crippen LogP contribution in [0.1, 0.15) is 18.1 Å². The van der Waals surface area contributed by atoms with Crippen molar-refractivity contribution in [2.75, 3.05) is 6.54 Å². The van der Waals surface area contributed by atoms with Crippen molar-refractivity contribution in [3.05, 3.63) is 71.7 Å². The molecule has 3 N–H and O–H groups in total. The molecule has 0 saturated heterocycles. The molecule has 0 aliphatic heterocycles. The SMILES string of the molecule is CCNC(=NCc1ccc(O)c(F)c1)NCc1ccnc2ccccc12. The smallest absolute Gasteiger partial charge is 0.191 e. The minimum absolute atomic E-state index is 0.309. The first-order valence-corrected chi connectivity index (χ1v) is 8.49. The van der Waals surface area contributed by atoms with E-state index in [2.05, 4.69) is 20.6 Å². The van der Waals surface area contributed by atoms with Crippen LogP contribution in [0.4, 0.5) is 4.39 Å². The van der Waals surface area contributed by atoms with E-state index in [1.165, 1.54) is 12.1 Å². The molecule has 0 fully saturated rings. The molecular weight excluding hydrogens is 331 g/mol. The summed E-state index contributed by atoms with van der Waals surface area (Å²) in [6.45, 7) is 3.61. The highest BCUT2D eigenvalue weighted by Gasteiger charge is 2.04. The molecule has 0 aliphatic rings. The number of para-hydroxylation sites is 1. The highest BCUT2D eigenvalue weighted by Crippen LogP contribution is 2.17. The zero-order valence-corrected chi connectivity index (χ0v) is 14.5. The second-order valence-corrected chi connectivity index (χ2v) is 5.82. The van der Waals surface area contributed by atoms with Gasteiger partial charge in [0.2, 0.25) is 0 Å². The van der Waals surface area contributed by atoms with Gasteiger partial charge in [-0.15, -0.1) is 0 Å². The predicted molar refractivity (Wildman–Crippen MR) is 101 cm³/mol. The molecule has 3 aromatic rings. The molecule has 0 atom stereocenters. The van der Waals surface area contributed by atoms with Gasteiger partial charge in [0.15, 0.2) is 17.5 Å². The van der Waals surface area contributed by atoms with Crippen LogP contribution in [0.5, 0.6) is 5.75 Å². The summed E-state index contributed by atoms with van der Waals surface area (Å²) in [6.07, 6.45) is 1.79. The average Bonchev–Trinajstić information content (AvgIpc) is 2.66. The van der Waals surface area contributed by atoms with E-state index in [1.807, 2.05) is 37.3 Å². The van der Waals surface area contributed by atoms with Crippen LogP contribution >= 0.6 is 0 Å². The van der Waals surface area contributed by atoms with Gasteiger partial charge in [-0.05, 0) is 42.3 Å². The quantitative estimate of drug-likeness (QED) is 0.487. The molecule has 0 spiro atoms. The number of aliphatic imine (C=N–C) groups is 1. The first-order valence-electron chi connectivity index (χ1n) is 8.49. The van der Waals surface area contributed by atoms with Gasteiger partial charge >= 0.3 is 0 Å². The molecule has 0 aliphatic carbocycles. The minimum Gasteiger partial charge on any atom is -0.505 e. The number of aromatic nitrogens is 1. The van der Waals surface area contributed by atoms with Crippen LogP contribution in [0.15, 0.2) is 59.7 Å². The topological polar surface area (TPSA) is 69.5 Å². The molecule has 26 heavy (non-hydrogen) atoms. The van der Waals surface area contributed by atoms with Gasteiger partial charge in [0, 0.05) is 24.7 Å². The summed E-state index contributed by atoms with van der Waals surface area (Å²) in [4.78, 5) is 8.85. The normalized spacial score (nSPS) is 11.5. The van der Waals surface area contributed by atoms with Crippen molar-refractivity contribution < 1.29 is 9.50 Å². The lowest BCUT2D eigenvalue weighted by molar-refractivity contribution is 0.432. The molecule has 2 aromatic carbocycles. The molecule has 0 saturated carbocycles. The molecule has 5 nitrogen and oxygen atoms in total. The third-order valence-electron chi connectivity index (χ3n) is 3.96. The van der Waals surface area contributed by atoms with Gasteiger partial charge in [0.25, 0.3) is 0 Å². The van der Waals surface area contributed by atoms with E-state index in [0.29, 0.717) is 31.2 Å². The molecule has 0 amide bonds. The van der Waals surface area contributed by atoms with Crippen LogP contribution in [-0.4, -0.2) is 22.6 Å². The van der Waals surface area contributed by atoms with Crippen LogP contribution < -0.4 is 10.6 Å². The lowest BCUT2D eigenvalue weighted by atomic mass is 10.1.